The van der Waals surface area contributed by atoms with Gasteiger partial charge in [-0.2, -0.15) is 5.10 Å². The first kappa shape index (κ1) is 22.8. The fourth-order valence-electron chi connectivity index (χ4n) is 3.82. The van der Waals surface area contributed by atoms with E-state index in [0.717, 1.165) is 28.6 Å². The quantitative estimate of drug-likeness (QED) is 0.490. The standard InChI is InChI=1S/C22H25BrN4O4S/c1-24-22(28)21-18-12-17(14-4-5-14)20(26(10-11-31-2)32(3,29)30)13-19(18)25-27(21)16-8-6-15(23)7-9-16/h6-9,12-14H,4-5,10-11H2,1-3H3,(H,24,28). The van der Waals surface area contributed by atoms with Crippen molar-refractivity contribution >= 4 is 48.5 Å². The van der Waals surface area contributed by atoms with Gasteiger partial charge in [-0.3, -0.25) is 9.10 Å². The summed E-state index contributed by atoms with van der Waals surface area (Å²) in [4.78, 5) is 12.9. The summed E-state index contributed by atoms with van der Waals surface area (Å²) in [6, 6.07) is 11.2. The van der Waals surface area contributed by atoms with E-state index in [4.69, 9.17) is 9.84 Å². The number of amides is 1. The van der Waals surface area contributed by atoms with Gasteiger partial charge in [-0.15, -0.1) is 0 Å². The Morgan fingerprint density at radius 1 is 1.28 bits per heavy atom. The molecule has 1 heterocycles. The summed E-state index contributed by atoms with van der Waals surface area (Å²) in [5, 5.41) is 8.09. The number of aromatic nitrogens is 2. The van der Waals surface area contributed by atoms with Crippen molar-refractivity contribution in [3.05, 3.63) is 52.1 Å². The number of nitrogens with one attached hydrogen (secondary N) is 1. The molecule has 1 saturated carbocycles. The third kappa shape index (κ3) is 4.39. The highest BCUT2D eigenvalue weighted by atomic mass is 79.9. The van der Waals surface area contributed by atoms with Gasteiger partial charge >= 0.3 is 0 Å². The lowest BCUT2D eigenvalue weighted by atomic mass is 10.0. The van der Waals surface area contributed by atoms with Gasteiger partial charge in [0.05, 0.1) is 36.3 Å². The minimum Gasteiger partial charge on any atom is -0.383 e. The molecule has 1 aliphatic carbocycles. The Kier molecular flexibility index (Phi) is 6.28. The van der Waals surface area contributed by atoms with Crippen LogP contribution in [0.25, 0.3) is 16.6 Å². The number of hydrogen-bond donors (Lipinski definition) is 1. The molecule has 0 atom stereocenters. The average Bonchev–Trinajstić information content (AvgIpc) is 3.53. The lowest BCUT2D eigenvalue weighted by Crippen LogP contribution is -2.33. The molecule has 1 fully saturated rings. The second-order valence-corrected chi connectivity index (χ2v) is 10.7. The number of anilines is 1. The van der Waals surface area contributed by atoms with Crippen LogP contribution in [0.5, 0.6) is 0 Å². The van der Waals surface area contributed by atoms with Crippen LogP contribution in [-0.2, 0) is 14.8 Å². The van der Waals surface area contributed by atoms with Gasteiger partial charge in [0, 0.05) is 24.0 Å². The van der Waals surface area contributed by atoms with Crippen LogP contribution in [0.4, 0.5) is 5.69 Å². The van der Waals surface area contributed by atoms with Crippen LogP contribution in [0.2, 0.25) is 0 Å². The lowest BCUT2D eigenvalue weighted by molar-refractivity contribution is 0.0957. The first-order valence-corrected chi connectivity index (χ1v) is 12.9. The molecule has 1 N–H and O–H groups in total. The fraction of sp³-hybridized carbons (Fsp3) is 0.364. The number of fused-ring (bicyclic) bond motifs is 1. The van der Waals surface area contributed by atoms with E-state index in [1.807, 2.05) is 30.3 Å². The molecular weight excluding hydrogens is 496 g/mol. The van der Waals surface area contributed by atoms with Gasteiger partial charge in [-0.05, 0) is 60.7 Å². The lowest BCUT2D eigenvalue weighted by Gasteiger charge is -2.25. The second-order valence-electron chi connectivity index (χ2n) is 7.85. The monoisotopic (exact) mass is 520 g/mol. The van der Waals surface area contributed by atoms with Gasteiger partial charge in [0.2, 0.25) is 10.0 Å². The van der Waals surface area contributed by atoms with Crippen molar-refractivity contribution in [1.82, 2.24) is 15.1 Å². The van der Waals surface area contributed by atoms with Crippen molar-refractivity contribution in [2.24, 2.45) is 0 Å². The summed E-state index contributed by atoms with van der Waals surface area (Å²) in [6.07, 6.45) is 3.16. The van der Waals surface area contributed by atoms with Crippen molar-refractivity contribution in [3.63, 3.8) is 0 Å². The van der Waals surface area contributed by atoms with E-state index in [0.29, 0.717) is 22.3 Å². The number of carbonyl (C=O) groups is 1. The van der Waals surface area contributed by atoms with Crippen LogP contribution in [0, 0.1) is 0 Å². The number of sulfonamides is 1. The number of halogens is 1. The predicted molar refractivity (Wildman–Crippen MR) is 128 cm³/mol. The molecule has 170 valence electrons. The van der Waals surface area contributed by atoms with Crippen molar-refractivity contribution < 1.29 is 17.9 Å². The second kappa shape index (κ2) is 8.84. The van der Waals surface area contributed by atoms with E-state index in [1.165, 1.54) is 10.6 Å². The Balaban J connectivity index is 1.97. The predicted octanol–water partition coefficient (Wildman–Crippen LogP) is 3.44. The van der Waals surface area contributed by atoms with Gasteiger partial charge in [0.25, 0.3) is 5.91 Å². The Hall–Kier alpha value is -2.43. The molecule has 0 spiro atoms. The average molecular weight is 521 g/mol. The highest BCUT2D eigenvalue weighted by Gasteiger charge is 2.32. The smallest absolute Gasteiger partial charge is 0.270 e. The van der Waals surface area contributed by atoms with Gasteiger partial charge in [0.15, 0.2) is 0 Å². The zero-order valence-corrected chi connectivity index (χ0v) is 20.5. The van der Waals surface area contributed by atoms with Crippen LogP contribution < -0.4 is 9.62 Å². The zero-order chi connectivity index (χ0) is 23.0. The molecule has 3 aromatic rings. The van der Waals surface area contributed by atoms with Crippen molar-refractivity contribution in [2.75, 3.05) is 37.9 Å². The van der Waals surface area contributed by atoms with E-state index in [-0.39, 0.29) is 25.0 Å². The van der Waals surface area contributed by atoms with Gasteiger partial charge in [-0.1, -0.05) is 15.9 Å². The molecule has 0 unspecified atom stereocenters. The molecule has 0 radical (unpaired) electrons. The third-order valence-corrected chi connectivity index (χ3v) is 7.23. The Labute approximate surface area is 195 Å². The third-order valence-electron chi connectivity index (χ3n) is 5.52. The fourth-order valence-corrected chi connectivity index (χ4v) is 5.01. The molecular formula is C22H25BrN4O4S. The number of methoxy groups -OCH3 is 1. The molecule has 32 heavy (non-hydrogen) atoms. The first-order chi connectivity index (χ1) is 15.2. The summed E-state index contributed by atoms with van der Waals surface area (Å²) in [5.41, 5.74) is 3.22. The summed E-state index contributed by atoms with van der Waals surface area (Å²) < 4.78 is 34.3. The summed E-state index contributed by atoms with van der Waals surface area (Å²) in [7, 11) is -0.409. The minimum absolute atomic E-state index is 0.205. The van der Waals surface area contributed by atoms with E-state index >= 15 is 0 Å². The number of rotatable bonds is 8. The maximum absolute atomic E-state index is 12.9. The topological polar surface area (TPSA) is 93.5 Å². The van der Waals surface area contributed by atoms with Crippen LogP contribution in [0.1, 0.15) is 34.8 Å². The molecule has 10 heteroatoms. The SMILES string of the molecule is CNC(=O)c1c2cc(C3CC3)c(N(CCOC)S(C)(=O)=O)cc2nn1-c1ccc(Br)cc1. The molecule has 2 aromatic carbocycles. The normalized spacial score (nSPS) is 14.0. The Morgan fingerprint density at radius 3 is 2.53 bits per heavy atom. The van der Waals surface area contributed by atoms with E-state index < -0.39 is 10.0 Å². The Morgan fingerprint density at radius 2 is 1.97 bits per heavy atom. The largest absolute Gasteiger partial charge is 0.383 e. The van der Waals surface area contributed by atoms with Crippen LogP contribution >= 0.6 is 15.9 Å². The van der Waals surface area contributed by atoms with E-state index in [9.17, 15) is 13.2 Å². The first-order valence-electron chi connectivity index (χ1n) is 10.3. The van der Waals surface area contributed by atoms with Gasteiger partial charge in [-0.25, -0.2) is 13.1 Å². The molecule has 1 aromatic heterocycles. The van der Waals surface area contributed by atoms with Gasteiger partial charge < -0.3 is 10.1 Å². The van der Waals surface area contributed by atoms with Crippen molar-refractivity contribution in [1.29, 1.82) is 0 Å². The summed E-state index contributed by atoms with van der Waals surface area (Å²) in [6.45, 7) is 0.475. The molecule has 8 nitrogen and oxygen atoms in total. The maximum atomic E-state index is 12.9. The number of nitrogens with zero attached hydrogens (tertiary/aromatic N) is 3. The minimum atomic E-state index is -3.53. The number of benzene rings is 2. The molecule has 0 bridgehead atoms. The van der Waals surface area contributed by atoms with E-state index in [2.05, 4.69) is 21.2 Å². The molecule has 1 aliphatic rings. The van der Waals surface area contributed by atoms with Crippen LogP contribution in [-0.4, -0.2) is 57.7 Å². The zero-order valence-electron chi connectivity index (χ0n) is 18.1. The van der Waals surface area contributed by atoms with Gasteiger partial charge in [0.1, 0.15) is 5.69 Å². The van der Waals surface area contributed by atoms with Crippen LogP contribution in [0.15, 0.2) is 40.9 Å². The Bertz CT molecular complexity index is 1270. The van der Waals surface area contributed by atoms with E-state index in [1.54, 1.807) is 24.9 Å². The molecule has 0 saturated heterocycles. The molecule has 4 rings (SSSR count). The summed E-state index contributed by atoms with van der Waals surface area (Å²) >= 11 is 3.43. The maximum Gasteiger partial charge on any atom is 0.270 e. The van der Waals surface area contributed by atoms with Crippen molar-refractivity contribution in [3.8, 4) is 5.69 Å². The summed E-state index contributed by atoms with van der Waals surface area (Å²) in [5.74, 6) is -0.000897. The number of ether oxygens (including phenoxy) is 1. The molecule has 1 amide bonds. The number of hydrogen-bond acceptors (Lipinski definition) is 5. The highest BCUT2D eigenvalue weighted by Crippen LogP contribution is 2.46. The number of carbonyl (C=O) groups excluding carboxylic acids is 1. The van der Waals surface area contributed by atoms with Crippen molar-refractivity contribution in [2.45, 2.75) is 18.8 Å². The highest BCUT2D eigenvalue weighted by molar-refractivity contribution is 9.10. The van der Waals surface area contributed by atoms with Crippen LogP contribution in [0.3, 0.4) is 0 Å². The molecule has 0 aliphatic heterocycles.